The molecule has 0 aliphatic carbocycles. The summed E-state index contributed by atoms with van der Waals surface area (Å²) in [6.07, 6.45) is 1.64. The number of hydrogen-bond acceptors (Lipinski definition) is 5. The van der Waals surface area contributed by atoms with Crippen molar-refractivity contribution in [2.24, 2.45) is 5.41 Å². The summed E-state index contributed by atoms with van der Waals surface area (Å²) in [6.45, 7) is 11.4. The quantitative estimate of drug-likeness (QED) is 0.323. The number of halogens is 1. The van der Waals surface area contributed by atoms with Gasteiger partial charge < -0.3 is 14.0 Å². The van der Waals surface area contributed by atoms with Crippen molar-refractivity contribution in [3.8, 4) is 11.4 Å². The van der Waals surface area contributed by atoms with Crippen LogP contribution < -0.4 is 4.74 Å². The summed E-state index contributed by atoms with van der Waals surface area (Å²) in [6, 6.07) is 8.30. The summed E-state index contributed by atoms with van der Waals surface area (Å²) < 4.78 is 28.2. The maximum atomic E-state index is 14.2. The molecule has 0 atom stereocenters. The lowest BCUT2D eigenvalue weighted by Gasteiger charge is -2.16. The molecule has 0 amide bonds. The Morgan fingerprint density at radius 2 is 1.83 bits per heavy atom. The van der Waals surface area contributed by atoms with E-state index < -0.39 is 17.2 Å². The first-order valence-corrected chi connectivity index (χ1v) is 11.6. The number of carbonyl (C=O) groups is 2. The van der Waals surface area contributed by atoms with Gasteiger partial charge in [-0.3, -0.25) is 4.79 Å². The average molecular weight is 480 g/mol. The molecule has 2 aromatic carbocycles. The van der Waals surface area contributed by atoms with E-state index >= 15 is 0 Å². The molecule has 0 aliphatic rings. The van der Waals surface area contributed by atoms with Gasteiger partial charge in [0.05, 0.1) is 36.5 Å². The normalized spacial score (nSPS) is 12.0. The number of hydrogen-bond donors (Lipinski definition) is 0. The number of nitrogens with zero attached hydrogens (tertiary/aromatic N) is 3. The van der Waals surface area contributed by atoms with Gasteiger partial charge in [0.25, 0.3) is 5.91 Å². The van der Waals surface area contributed by atoms with Crippen molar-refractivity contribution in [3.63, 3.8) is 0 Å². The standard InChI is InChI=1S/C27H30FN3O4/c1-8-35-25(32)23-18-13-20-16(14-29-31(20)26(33)27(4,5)6)11-21(18)30(24(23)15(2)3)17-9-10-19(28)22(12-17)34-7/h9-15H,8H2,1-7H3. The van der Waals surface area contributed by atoms with Gasteiger partial charge in [-0.25, -0.2) is 9.18 Å². The molecule has 4 aromatic rings. The third-order valence-electron chi connectivity index (χ3n) is 5.95. The second-order valence-electron chi connectivity index (χ2n) is 9.83. The summed E-state index contributed by atoms with van der Waals surface area (Å²) in [5, 5.41) is 5.72. The van der Waals surface area contributed by atoms with Gasteiger partial charge >= 0.3 is 5.97 Å². The van der Waals surface area contributed by atoms with Gasteiger partial charge in [-0.1, -0.05) is 34.6 Å². The fraction of sp³-hybridized carbons (Fsp3) is 0.370. The first-order valence-electron chi connectivity index (χ1n) is 11.6. The molecule has 0 fully saturated rings. The van der Waals surface area contributed by atoms with Crippen molar-refractivity contribution in [3.05, 3.63) is 53.6 Å². The molecular formula is C27H30FN3O4. The maximum absolute atomic E-state index is 14.2. The van der Waals surface area contributed by atoms with Crippen LogP contribution in [0.5, 0.6) is 5.75 Å². The van der Waals surface area contributed by atoms with Crippen LogP contribution in [0.25, 0.3) is 27.5 Å². The average Bonchev–Trinajstić information content (AvgIpc) is 3.35. The summed E-state index contributed by atoms with van der Waals surface area (Å²) in [4.78, 5) is 26.3. The van der Waals surface area contributed by atoms with Crippen LogP contribution in [0.15, 0.2) is 36.5 Å². The third-order valence-corrected chi connectivity index (χ3v) is 5.95. The molecule has 35 heavy (non-hydrogen) atoms. The van der Waals surface area contributed by atoms with Crippen LogP contribution in [0.3, 0.4) is 0 Å². The van der Waals surface area contributed by atoms with E-state index in [-0.39, 0.29) is 24.2 Å². The van der Waals surface area contributed by atoms with Gasteiger partial charge in [0.15, 0.2) is 11.6 Å². The van der Waals surface area contributed by atoms with Gasteiger partial charge in [-0.05, 0) is 37.1 Å². The van der Waals surface area contributed by atoms with Gasteiger partial charge in [-0.2, -0.15) is 9.78 Å². The van der Waals surface area contributed by atoms with Gasteiger partial charge in [0, 0.05) is 33.6 Å². The Balaban J connectivity index is 2.14. The molecule has 0 saturated carbocycles. The summed E-state index contributed by atoms with van der Waals surface area (Å²) in [7, 11) is 1.41. The number of methoxy groups -OCH3 is 1. The van der Waals surface area contributed by atoms with E-state index in [0.717, 1.165) is 16.6 Å². The fourth-order valence-corrected chi connectivity index (χ4v) is 4.34. The van der Waals surface area contributed by atoms with E-state index in [1.807, 2.05) is 51.3 Å². The number of aromatic nitrogens is 3. The minimum Gasteiger partial charge on any atom is -0.494 e. The van der Waals surface area contributed by atoms with Crippen LogP contribution in [-0.4, -0.2) is 39.9 Å². The molecule has 0 bridgehead atoms. The van der Waals surface area contributed by atoms with Crippen LogP contribution >= 0.6 is 0 Å². The first kappa shape index (κ1) is 24.4. The maximum Gasteiger partial charge on any atom is 0.340 e. The highest BCUT2D eigenvalue weighted by Gasteiger charge is 2.29. The van der Waals surface area contributed by atoms with Crippen LogP contribution in [-0.2, 0) is 4.74 Å². The second kappa shape index (κ2) is 8.83. The number of fused-ring (bicyclic) bond motifs is 2. The first-order chi connectivity index (χ1) is 16.5. The largest absolute Gasteiger partial charge is 0.494 e. The SMILES string of the molecule is CCOC(=O)c1c(C(C)C)n(-c2ccc(F)c(OC)c2)c2cc3cnn(C(=O)C(C)(C)C)c3cc12. The zero-order chi connectivity index (χ0) is 25.7. The number of carbonyl (C=O) groups excluding carboxylic acids is 2. The van der Waals surface area contributed by atoms with Gasteiger partial charge in [0.2, 0.25) is 0 Å². The van der Waals surface area contributed by atoms with E-state index in [9.17, 15) is 14.0 Å². The van der Waals surface area contributed by atoms with Crippen LogP contribution in [0.1, 0.15) is 68.3 Å². The molecule has 7 nitrogen and oxygen atoms in total. The van der Waals surface area contributed by atoms with Crippen molar-refractivity contribution >= 4 is 33.7 Å². The lowest BCUT2D eigenvalue weighted by atomic mass is 9.95. The van der Waals surface area contributed by atoms with Crippen molar-refractivity contribution in [1.82, 2.24) is 14.3 Å². The van der Waals surface area contributed by atoms with Crippen molar-refractivity contribution < 1.29 is 23.5 Å². The van der Waals surface area contributed by atoms with E-state index in [1.54, 1.807) is 25.3 Å². The zero-order valence-electron chi connectivity index (χ0n) is 21.1. The predicted octanol–water partition coefficient (Wildman–Crippen LogP) is 6.11. The number of rotatable bonds is 5. The lowest BCUT2D eigenvalue weighted by molar-refractivity contribution is 0.0526. The number of benzene rings is 2. The molecule has 0 aliphatic heterocycles. The molecular weight excluding hydrogens is 449 g/mol. The topological polar surface area (TPSA) is 75.3 Å². The molecule has 0 spiro atoms. The smallest absolute Gasteiger partial charge is 0.340 e. The van der Waals surface area contributed by atoms with Gasteiger partial charge in [-0.15, -0.1) is 0 Å². The summed E-state index contributed by atoms with van der Waals surface area (Å²) in [5.41, 5.74) is 2.47. The van der Waals surface area contributed by atoms with Crippen molar-refractivity contribution in [1.29, 1.82) is 0 Å². The summed E-state index contributed by atoms with van der Waals surface area (Å²) in [5.74, 6) is -1.07. The van der Waals surface area contributed by atoms with Crippen LogP contribution in [0.2, 0.25) is 0 Å². The molecule has 8 heteroatoms. The van der Waals surface area contributed by atoms with Crippen LogP contribution in [0.4, 0.5) is 4.39 Å². The Bertz CT molecular complexity index is 1460. The van der Waals surface area contributed by atoms with Crippen LogP contribution in [0, 0.1) is 11.2 Å². The minimum atomic E-state index is -0.641. The van der Waals surface area contributed by atoms with Crippen molar-refractivity contribution in [2.75, 3.05) is 13.7 Å². The van der Waals surface area contributed by atoms with E-state index in [1.165, 1.54) is 17.9 Å². The molecule has 0 radical (unpaired) electrons. The number of esters is 1. The molecule has 2 aromatic heterocycles. The minimum absolute atomic E-state index is 0.0753. The van der Waals surface area contributed by atoms with Gasteiger partial charge in [0.1, 0.15) is 0 Å². The molecule has 184 valence electrons. The number of ether oxygens (including phenoxy) is 2. The Morgan fingerprint density at radius 3 is 2.43 bits per heavy atom. The Morgan fingerprint density at radius 1 is 1.11 bits per heavy atom. The Hall–Kier alpha value is -3.68. The summed E-state index contributed by atoms with van der Waals surface area (Å²) >= 11 is 0. The van der Waals surface area contributed by atoms with E-state index in [0.29, 0.717) is 22.2 Å². The van der Waals surface area contributed by atoms with E-state index in [2.05, 4.69) is 5.10 Å². The third kappa shape index (κ3) is 4.07. The molecule has 0 unspecified atom stereocenters. The lowest BCUT2D eigenvalue weighted by Crippen LogP contribution is -2.27. The fourth-order valence-electron chi connectivity index (χ4n) is 4.34. The Labute approximate surface area is 203 Å². The predicted molar refractivity (Wildman–Crippen MR) is 133 cm³/mol. The van der Waals surface area contributed by atoms with E-state index in [4.69, 9.17) is 9.47 Å². The monoisotopic (exact) mass is 479 g/mol. The Kier molecular flexibility index (Phi) is 6.17. The zero-order valence-corrected chi connectivity index (χ0v) is 21.1. The molecule has 0 N–H and O–H groups in total. The second-order valence-corrected chi connectivity index (χ2v) is 9.83. The molecule has 2 heterocycles. The highest BCUT2D eigenvalue weighted by molar-refractivity contribution is 6.11. The highest BCUT2D eigenvalue weighted by atomic mass is 19.1. The molecule has 4 rings (SSSR count). The highest BCUT2D eigenvalue weighted by Crippen LogP contribution is 2.38. The van der Waals surface area contributed by atoms with Crippen molar-refractivity contribution in [2.45, 2.75) is 47.5 Å². The molecule has 0 saturated heterocycles.